The van der Waals surface area contributed by atoms with Crippen molar-refractivity contribution in [1.82, 2.24) is 9.88 Å². The van der Waals surface area contributed by atoms with Crippen LogP contribution in [-0.2, 0) is 4.79 Å². The van der Waals surface area contributed by atoms with E-state index in [-0.39, 0.29) is 5.91 Å². The molecule has 0 atom stereocenters. The van der Waals surface area contributed by atoms with Crippen molar-refractivity contribution in [2.45, 2.75) is 32.1 Å². The molecule has 0 fully saturated rings. The van der Waals surface area contributed by atoms with E-state index < -0.39 is 0 Å². The van der Waals surface area contributed by atoms with Gasteiger partial charge in [-0.25, -0.2) is 4.98 Å². The van der Waals surface area contributed by atoms with Gasteiger partial charge in [0.15, 0.2) is 5.13 Å². The number of thiazole rings is 1. The molecular weight excluding hydrogens is 454 g/mol. The minimum atomic E-state index is 0.0822. The summed E-state index contributed by atoms with van der Waals surface area (Å²) in [5.74, 6) is 2.22. The number of methoxy groups -OCH3 is 2. The Morgan fingerprint density at radius 2 is 1.67 bits per heavy atom. The standard InChI is InChI=1S/C25H33N3O3S2/c1-6-27(7-2)15-16-28(22(29)14-17-32-19-10-8-18(3)9-11-19)25-26-23-20(30-4)12-13-21(31-5)24(23)33-25/h8-13H,6-7,14-17H2,1-5H3. The molecule has 3 rings (SSSR count). The smallest absolute Gasteiger partial charge is 0.229 e. The van der Waals surface area contributed by atoms with E-state index in [0.29, 0.717) is 23.8 Å². The zero-order valence-electron chi connectivity index (χ0n) is 20.1. The molecular formula is C25H33N3O3S2. The first-order valence-electron chi connectivity index (χ1n) is 11.2. The third kappa shape index (κ3) is 6.40. The predicted octanol–water partition coefficient (Wildman–Crippen LogP) is 5.48. The zero-order chi connectivity index (χ0) is 23.8. The highest BCUT2D eigenvalue weighted by Crippen LogP contribution is 2.40. The summed E-state index contributed by atoms with van der Waals surface area (Å²) >= 11 is 3.18. The van der Waals surface area contributed by atoms with E-state index in [1.807, 2.05) is 17.0 Å². The summed E-state index contributed by atoms with van der Waals surface area (Å²) in [5, 5.41) is 0.685. The van der Waals surface area contributed by atoms with Crippen LogP contribution in [0.5, 0.6) is 11.5 Å². The Balaban J connectivity index is 1.82. The van der Waals surface area contributed by atoms with Gasteiger partial charge in [-0.05, 0) is 44.3 Å². The minimum Gasteiger partial charge on any atom is -0.495 e. The Labute approximate surface area is 204 Å². The number of hydrogen-bond donors (Lipinski definition) is 0. The molecule has 178 valence electrons. The van der Waals surface area contributed by atoms with Crippen LogP contribution in [0.1, 0.15) is 25.8 Å². The zero-order valence-corrected chi connectivity index (χ0v) is 21.7. The van der Waals surface area contributed by atoms with E-state index in [1.54, 1.807) is 26.0 Å². The monoisotopic (exact) mass is 487 g/mol. The number of likely N-dealkylation sites (N-methyl/N-ethyl adjacent to an activating group) is 1. The number of benzene rings is 2. The van der Waals surface area contributed by atoms with Crippen LogP contribution in [0, 0.1) is 6.92 Å². The molecule has 2 aromatic carbocycles. The molecule has 0 unspecified atom stereocenters. The van der Waals surface area contributed by atoms with E-state index in [1.165, 1.54) is 21.8 Å². The fraction of sp³-hybridized carbons (Fsp3) is 0.440. The average Bonchev–Trinajstić information content (AvgIpc) is 3.27. The van der Waals surface area contributed by atoms with E-state index in [9.17, 15) is 4.79 Å². The first-order valence-corrected chi connectivity index (χ1v) is 13.0. The van der Waals surface area contributed by atoms with Crippen LogP contribution < -0.4 is 14.4 Å². The number of fused-ring (bicyclic) bond motifs is 1. The third-order valence-corrected chi connectivity index (χ3v) is 7.68. The molecule has 0 bridgehead atoms. The van der Waals surface area contributed by atoms with Gasteiger partial charge in [0.25, 0.3) is 0 Å². The molecule has 6 nitrogen and oxygen atoms in total. The molecule has 1 heterocycles. The molecule has 0 aliphatic rings. The molecule has 0 saturated heterocycles. The molecule has 0 radical (unpaired) electrons. The second kappa shape index (κ2) is 12.3. The number of aryl methyl sites for hydroxylation is 1. The normalized spacial score (nSPS) is 11.2. The SMILES string of the molecule is CCN(CC)CCN(C(=O)CCSc1ccc(C)cc1)c1nc2c(OC)ccc(OC)c2s1. The van der Waals surface area contributed by atoms with Gasteiger partial charge >= 0.3 is 0 Å². The summed E-state index contributed by atoms with van der Waals surface area (Å²) in [4.78, 5) is 23.5. The van der Waals surface area contributed by atoms with Crippen molar-refractivity contribution in [3.8, 4) is 11.5 Å². The minimum absolute atomic E-state index is 0.0822. The van der Waals surface area contributed by atoms with Crippen LogP contribution in [-0.4, -0.2) is 61.9 Å². The van der Waals surface area contributed by atoms with Gasteiger partial charge in [0, 0.05) is 30.2 Å². The van der Waals surface area contributed by atoms with Gasteiger partial charge < -0.3 is 14.4 Å². The molecule has 0 aliphatic heterocycles. The Hall–Kier alpha value is -2.29. The molecule has 3 aromatic rings. The van der Waals surface area contributed by atoms with Crippen LogP contribution in [0.4, 0.5) is 5.13 Å². The maximum absolute atomic E-state index is 13.4. The van der Waals surface area contributed by atoms with Crippen molar-refractivity contribution in [3.05, 3.63) is 42.0 Å². The predicted molar refractivity (Wildman–Crippen MR) is 139 cm³/mol. The lowest BCUT2D eigenvalue weighted by Gasteiger charge is -2.24. The summed E-state index contributed by atoms with van der Waals surface area (Å²) in [6, 6.07) is 12.1. The number of carbonyl (C=O) groups excluding carboxylic acids is 1. The van der Waals surface area contributed by atoms with Crippen LogP contribution in [0.3, 0.4) is 0 Å². The number of thioether (sulfide) groups is 1. The van der Waals surface area contributed by atoms with Crippen molar-refractivity contribution in [1.29, 1.82) is 0 Å². The first kappa shape index (κ1) is 25.3. The molecule has 0 aliphatic carbocycles. The highest BCUT2D eigenvalue weighted by atomic mass is 32.2. The number of hydrogen-bond acceptors (Lipinski definition) is 7. The van der Waals surface area contributed by atoms with E-state index >= 15 is 0 Å². The second-order valence-corrected chi connectivity index (χ2v) is 9.77. The van der Waals surface area contributed by atoms with Crippen LogP contribution >= 0.6 is 23.1 Å². The number of anilines is 1. The number of ether oxygens (including phenoxy) is 2. The molecule has 0 spiro atoms. The van der Waals surface area contributed by atoms with Gasteiger partial charge in [0.05, 0.1) is 14.2 Å². The van der Waals surface area contributed by atoms with Crippen molar-refractivity contribution in [3.63, 3.8) is 0 Å². The number of carbonyl (C=O) groups is 1. The summed E-state index contributed by atoms with van der Waals surface area (Å²) in [6.45, 7) is 9.65. The number of aromatic nitrogens is 1. The van der Waals surface area contributed by atoms with Crippen molar-refractivity contribution in [2.75, 3.05) is 51.1 Å². The summed E-state index contributed by atoms with van der Waals surface area (Å²) in [6.07, 6.45) is 0.445. The molecule has 0 saturated carbocycles. The molecule has 1 aromatic heterocycles. The molecule has 1 amide bonds. The maximum Gasteiger partial charge on any atom is 0.229 e. The lowest BCUT2D eigenvalue weighted by Crippen LogP contribution is -2.39. The third-order valence-electron chi connectivity index (χ3n) is 5.57. The van der Waals surface area contributed by atoms with Gasteiger partial charge in [-0.1, -0.05) is 42.9 Å². The fourth-order valence-electron chi connectivity index (χ4n) is 3.52. The van der Waals surface area contributed by atoms with E-state index in [4.69, 9.17) is 14.5 Å². The van der Waals surface area contributed by atoms with E-state index in [0.717, 1.165) is 41.4 Å². The van der Waals surface area contributed by atoms with Crippen LogP contribution in [0.25, 0.3) is 10.2 Å². The molecule has 8 heteroatoms. The molecule has 33 heavy (non-hydrogen) atoms. The maximum atomic E-state index is 13.4. The van der Waals surface area contributed by atoms with Gasteiger partial charge in [-0.2, -0.15) is 0 Å². The van der Waals surface area contributed by atoms with Gasteiger partial charge in [-0.3, -0.25) is 9.69 Å². The Bertz CT molecular complexity index is 1010. The number of nitrogens with zero attached hydrogens (tertiary/aromatic N) is 3. The fourth-order valence-corrected chi connectivity index (χ4v) is 5.48. The molecule has 0 N–H and O–H groups in total. The topological polar surface area (TPSA) is 54.9 Å². The van der Waals surface area contributed by atoms with Crippen LogP contribution in [0.2, 0.25) is 0 Å². The van der Waals surface area contributed by atoms with Crippen molar-refractivity contribution >= 4 is 44.4 Å². The van der Waals surface area contributed by atoms with E-state index in [2.05, 4.69) is 49.9 Å². The lowest BCUT2D eigenvalue weighted by molar-refractivity contribution is -0.118. The largest absolute Gasteiger partial charge is 0.495 e. The summed E-state index contributed by atoms with van der Waals surface area (Å²) < 4.78 is 11.9. The van der Waals surface area contributed by atoms with Gasteiger partial charge in [0.1, 0.15) is 21.7 Å². The number of amides is 1. The Kier molecular flexibility index (Phi) is 9.41. The average molecular weight is 488 g/mol. The number of rotatable bonds is 12. The van der Waals surface area contributed by atoms with Crippen molar-refractivity contribution in [2.24, 2.45) is 0 Å². The quantitative estimate of drug-likeness (QED) is 0.315. The highest BCUT2D eigenvalue weighted by Gasteiger charge is 2.23. The highest BCUT2D eigenvalue weighted by molar-refractivity contribution is 7.99. The summed E-state index contributed by atoms with van der Waals surface area (Å²) in [7, 11) is 3.28. The summed E-state index contributed by atoms with van der Waals surface area (Å²) in [5.41, 5.74) is 1.96. The van der Waals surface area contributed by atoms with Gasteiger partial charge in [0.2, 0.25) is 5.91 Å². The van der Waals surface area contributed by atoms with Crippen LogP contribution in [0.15, 0.2) is 41.3 Å². The second-order valence-electron chi connectivity index (χ2n) is 7.63. The Morgan fingerprint density at radius 1 is 1.00 bits per heavy atom. The van der Waals surface area contributed by atoms with Crippen molar-refractivity contribution < 1.29 is 14.3 Å². The first-order chi connectivity index (χ1) is 16.0. The Morgan fingerprint density at radius 3 is 2.30 bits per heavy atom. The lowest BCUT2D eigenvalue weighted by atomic mass is 10.2. The van der Waals surface area contributed by atoms with Gasteiger partial charge in [-0.15, -0.1) is 11.8 Å².